The number of aryl methyl sites for hydroxylation is 1. The lowest BCUT2D eigenvalue weighted by molar-refractivity contribution is -0.123. The van der Waals surface area contributed by atoms with Gasteiger partial charge in [0.05, 0.1) is 29.4 Å². The standard InChI is InChI=1S/C28H27N3O4S/c1-22-10-16-27(17-11-22)36(33,34)31(20-23-7-3-2-4-8-23)25-12-14-26(15-13-25)35-21-28(32)30-19-24-9-5-6-18-29-24/h2-18H,19-21H2,1H3,(H,30,32). The normalized spacial score (nSPS) is 11.0. The largest absolute Gasteiger partial charge is 0.484 e. The molecule has 3 aromatic carbocycles. The van der Waals surface area contributed by atoms with Crippen molar-refractivity contribution in [3.05, 3.63) is 120 Å². The van der Waals surface area contributed by atoms with Gasteiger partial charge in [0.1, 0.15) is 5.75 Å². The summed E-state index contributed by atoms with van der Waals surface area (Å²) < 4.78 is 34.1. The molecule has 0 bridgehead atoms. The van der Waals surface area contributed by atoms with Crippen LogP contribution in [0.15, 0.2) is 108 Å². The summed E-state index contributed by atoms with van der Waals surface area (Å²) in [5.41, 5.74) is 3.09. The SMILES string of the molecule is Cc1ccc(S(=O)(=O)N(Cc2ccccc2)c2ccc(OCC(=O)NCc3ccccn3)cc2)cc1. The number of hydrogen-bond donors (Lipinski definition) is 1. The fourth-order valence-corrected chi connectivity index (χ4v) is 4.95. The average Bonchev–Trinajstić information content (AvgIpc) is 2.91. The van der Waals surface area contributed by atoms with E-state index < -0.39 is 10.0 Å². The number of amides is 1. The van der Waals surface area contributed by atoms with Crippen LogP contribution in [0.1, 0.15) is 16.8 Å². The topological polar surface area (TPSA) is 88.6 Å². The zero-order chi connectivity index (χ0) is 25.4. The van der Waals surface area contributed by atoms with Gasteiger partial charge < -0.3 is 10.1 Å². The Kier molecular flexibility index (Phi) is 7.97. The Labute approximate surface area is 211 Å². The van der Waals surface area contributed by atoms with Crippen molar-refractivity contribution in [2.75, 3.05) is 10.9 Å². The second-order valence-corrected chi connectivity index (χ2v) is 10.1. The zero-order valence-corrected chi connectivity index (χ0v) is 20.7. The van der Waals surface area contributed by atoms with Crippen LogP contribution in [0.2, 0.25) is 0 Å². The van der Waals surface area contributed by atoms with Gasteiger partial charge in [0, 0.05) is 6.20 Å². The van der Waals surface area contributed by atoms with E-state index in [1.807, 2.05) is 55.5 Å². The van der Waals surface area contributed by atoms with E-state index in [1.54, 1.807) is 54.7 Å². The van der Waals surface area contributed by atoms with Crippen molar-refractivity contribution in [1.82, 2.24) is 10.3 Å². The summed E-state index contributed by atoms with van der Waals surface area (Å²) in [6.45, 7) is 2.23. The fourth-order valence-electron chi connectivity index (χ4n) is 3.50. The first-order valence-corrected chi connectivity index (χ1v) is 12.9. The van der Waals surface area contributed by atoms with Crippen LogP contribution < -0.4 is 14.4 Å². The minimum Gasteiger partial charge on any atom is -0.484 e. The first-order chi connectivity index (χ1) is 17.4. The number of anilines is 1. The Morgan fingerprint density at radius 3 is 2.25 bits per heavy atom. The highest BCUT2D eigenvalue weighted by atomic mass is 32.2. The Balaban J connectivity index is 1.47. The smallest absolute Gasteiger partial charge is 0.264 e. The van der Waals surface area contributed by atoms with Gasteiger partial charge in [-0.05, 0) is 61.0 Å². The Bertz CT molecular complexity index is 1380. The molecular formula is C28H27N3O4S. The number of sulfonamides is 1. The number of pyridine rings is 1. The van der Waals surface area contributed by atoms with E-state index in [4.69, 9.17) is 4.74 Å². The van der Waals surface area contributed by atoms with E-state index >= 15 is 0 Å². The number of benzene rings is 3. The van der Waals surface area contributed by atoms with Gasteiger partial charge in [0.25, 0.3) is 15.9 Å². The summed E-state index contributed by atoms with van der Waals surface area (Å²) in [5, 5.41) is 2.75. The first kappa shape index (κ1) is 24.9. The highest BCUT2D eigenvalue weighted by Crippen LogP contribution is 2.28. The van der Waals surface area contributed by atoms with Crippen LogP contribution in [0.25, 0.3) is 0 Å². The number of carbonyl (C=O) groups excluding carboxylic acids is 1. The van der Waals surface area contributed by atoms with E-state index in [0.717, 1.165) is 16.8 Å². The minimum atomic E-state index is -3.82. The third-order valence-corrected chi connectivity index (χ3v) is 7.25. The molecule has 4 rings (SSSR count). The predicted octanol–water partition coefficient (Wildman–Crippen LogP) is 4.48. The van der Waals surface area contributed by atoms with Crippen LogP contribution >= 0.6 is 0 Å². The number of rotatable bonds is 10. The maximum atomic E-state index is 13.6. The molecule has 0 aliphatic carbocycles. The third kappa shape index (κ3) is 6.49. The van der Waals surface area contributed by atoms with E-state index in [2.05, 4.69) is 10.3 Å². The molecule has 0 saturated carbocycles. The molecule has 0 aliphatic heterocycles. The summed E-state index contributed by atoms with van der Waals surface area (Å²) in [6.07, 6.45) is 1.67. The van der Waals surface area contributed by atoms with Gasteiger partial charge in [-0.25, -0.2) is 8.42 Å². The van der Waals surface area contributed by atoms with E-state index in [-0.39, 0.29) is 24.0 Å². The molecule has 0 atom stereocenters. The zero-order valence-electron chi connectivity index (χ0n) is 19.9. The highest BCUT2D eigenvalue weighted by Gasteiger charge is 2.25. The van der Waals surface area contributed by atoms with Crippen molar-refractivity contribution in [1.29, 1.82) is 0 Å². The number of nitrogens with zero attached hydrogens (tertiary/aromatic N) is 2. The molecule has 0 saturated heterocycles. The number of ether oxygens (including phenoxy) is 1. The molecule has 4 aromatic rings. The van der Waals surface area contributed by atoms with Gasteiger partial charge in [0.2, 0.25) is 0 Å². The van der Waals surface area contributed by atoms with Gasteiger partial charge in [-0.2, -0.15) is 0 Å². The number of hydrogen-bond acceptors (Lipinski definition) is 5. The van der Waals surface area contributed by atoms with Crippen molar-refractivity contribution >= 4 is 21.6 Å². The predicted molar refractivity (Wildman–Crippen MR) is 139 cm³/mol. The Hall–Kier alpha value is -4.17. The quantitative estimate of drug-likeness (QED) is 0.346. The summed E-state index contributed by atoms with van der Waals surface area (Å²) in [4.78, 5) is 16.5. The van der Waals surface area contributed by atoms with E-state index in [0.29, 0.717) is 18.0 Å². The molecule has 8 heteroatoms. The van der Waals surface area contributed by atoms with Crippen LogP contribution in [0.5, 0.6) is 5.75 Å². The molecule has 0 fully saturated rings. The Morgan fingerprint density at radius 1 is 0.889 bits per heavy atom. The molecule has 1 amide bonds. The first-order valence-electron chi connectivity index (χ1n) is 11.4. The van der Waals surface area contributed by atoms with Gasteiger partial charge in [-0.3, -0.25) is 14.1 Å². The molecule has 0 aliphatic rings. The van der Waals surface area contributed by atoms with Gasteiger partial charge in [0.15, 0.2) is 6.61 Å². The van der Waals surface area contributed by atoms with E-state index in [9.17, 15) is 13.2 Å². The van der Waals surface area contributed by atoms with Crippen molar-refractivity contribution < 1.29 is 17.9 Å². The summed E-state index contributed by atoms with van der Waals surface area (Å²) in [6, 6.07) is 28.4. The molecule has 36 heavy (non-hydrogen) atoms. The maximum absolute atomic E-state index is 13.6. The average molecular weight is 502 g/mol. The molecule has 7 nitrogen and oxygen atoms in total. The monoisotopic (exact) mass is 501 g/mol. The molecular weight excluding hydrogens is 474 g/mol. The van der Waals surface area contributed by atoms with Crippen molar-refractivity contribution in [2.24, 2.45) is 0 Å². The summed E-state index contributed by atoms with van der Waals surface area (Å²) in [5.74, 6) is 0.177. The van der Waals surface area contributed by atoms with Crippen molar-refractivity contribution in [2.45, 2.75) is 24.9 Å². The molecule has 1 aromatic heterocycles. The van der Waals surface area contributed by atoms with Crippen LogP contribution in [-0.2, 0) is 27.9 Å². The summed E-state index contributed by atoms with van der Waals surface area (Å²) in [7, 11) is -3.82. The van der Waals surface area contributed by atoms with Gasteiger partial charge in [-0.15, -0.1) is 0 Å². The minimum absolute atomic E-state index is 0.165. The summed E-state index contributed by atoms with van der Waals surface area (Å²) >= 11 is 0. The molecule has 184 valence electrons. The fraction of sp³-hybridized carbons (Fsp3) is 0.143. The second kappa shape index (κ2) is 11.5. The molecule has 1 heterocycles. The maximum Gasteiger partial charge on any atom is 0.264 e. The van der Waals surface area contributed by atoms with Crippen LogP contribution in [0.4, 0.5) is 5.69 Å². The van der Waals surface area contributed by atoms with Crippen LogP contribution in [0.3, 0.4) is 0 Å². The van der Waals surface area contributed by atoms with Crippen molar-refractivity contribution in [3.8, 4) is 5.75 Å². The second-order valence-electron chi connectivity index (χ2n) is 8.19. The van der Waals surface area contributed by atoms with Gasteiger partial charge in [-0.1, -0.05) is 54.1 Å². The van der Waals surface area contributed by atoms with Crippen LogP contribution in [-0.4, -0.2) is 25.9 Å². The third-order valence-electron chi connectivity index (χ3n) is 5.47. The number of aromatic nitrogens is 1. The van der Waals surface area contributed by atoms with Gasteiger partial charge >= 0.3 is 0 Å². The lowest BCUT2D eigenvalue weighted by Crippen LogP contribution is -2.30. The molecule has 0 spiro atoms. The van der Waals surface area contributed by atoms with Crippen molar-refractivity contribution in [3.63, 3.8) is 0 Å². The lowest BCUT2D eigenvalue weighted by Gasteiger charge is -2.25. The van der Waals surface area contributed by atoms with Crippen LogP contribution in [0, 0.1) is 6.92 Å². The molecule has 1 N–H and O–H groups in total. The molecule has 0 radical (unpaired) electrons. The lowest BCUT2D eigenvalue weighted by atomic mass is 10.2. The van der Waals surface area contributed by atoms with E-state index in [1.165, 1.54) is 4.31 Å². The molecule has 0 unspecified atom stereocenters. The number of carbonyl (C=O) groups is 1. The Morgan fingerprint density at radius 2 is 1.58 bits per heavy atom. The highest BCUT2D eigenvalue weighted by molar-refractivity contribution is 7.92. The number of nitrogens with one attached hydrogen (secondary N) is 1.